The number of unbranched alkanes of at least 4 members (excludes halogenated alkanes) is 1. The molecule has 1 N–H and O–H groups in total. The lowest BCUT2D eigenvalue weighted by Crippen LogP contribution is -2.28. The van der Waals surface area contributed by atoms with Gasteiger partial charge in [-0.1, -0.05) is 32.4 Å². The van der Waals surface area contributed by atoms with Crippen LogP contribution in [0.25, 0.3) is 0 Å². The molecule has 1 rings (SSSR count). The van der Waals surface area contributed by atoms with Gasteiger partial charge in [0.15, 0.2) is 0 Å². The molecular formula is C14H29N5. The van der Waals surface area contributed by atoms with Crippen molar-refractivity contribution in [1.82, 2.24) is 25.2 Å². The fourth-order valence-electron chi connectivity index (χ4n) is 1.98. The van der Waals surface area contributed by atoms with Crippen LogP contribution in [0.1, 0.15) is 45.7 Å². The Morgan fingerprint density at radius 2 is 2.05 bits per heavy atom. The minimum Gasteiger partial charge on any atom is -0.311 e. The Labute approximate surface area is 117 Å². The molecule has 110 valence electrons. The van der Waals surface area contributed by atoms with Gasteiger partial charge in [0.2, 0.25) is 0 Å². The Balaban J connectivity index is 2.28. The van der Waals surface area contributed by atoms with Crippen LogP contribution in [0.4, 0.5) is 0 Å². The van der Waals surface area contributed by atoms with Crippen molar-refractivity contribution >= 4 is 0 Å². The number of hydrogen-bond donors (Lipinski definition) is 1. The standard InChI is InChI=1S/C14H29N5/c1-4-7-9-18(6-3)10-11-19-13-14(16-17-19)12-15-8-5-2/h13,15H,4-12H2,1-3H3. The number of aromatic nitrogens is 3. The first kappa shape index (κ1) is 16.1. The molecular weight excluding hydrogens is 238 g/mol. The molecule has 0 radical (unpaired) electrons. The molecule has 0 saturated heterocycles. The highest BCUT2D eigenvalue weighted by Gasteiger charge is 2.04. The molecule has 0 aromatic carbocycles. The van der Waals surface area contributed by atoms with Crippen molar-refractivity contribution in [3.05, 3.63) is 11.9 Å². The van der Waals surface area contributed by atoms with E-state index in [0.29, 0.717) is 0 Å². The molecule has 0 bridgehead atoms. The monoisotopic (exact) mass is 267 g/mol. The van der Waals surface area contributed by atoms with Crippen LogP contribution in [0.15, 0.2) is 6.20 Å². The fourth-order valence-corrected chi connectivity index (χ4v) is 1.98. The summed E-state index contributed by atoms with van der Waals surface area (Å²) < 4.78 is 1.96. The molecule has 0 unspecified atom stereocenters. The predicted octanol–water partition coefficient (Wildman–Crippen LogP) is 1.90. The lowest BCUT2D eigenvalue weighted by Gasteiger charge is -2.19. The third-order valence-electron chi connectivity index (χ3n) is 3.24. The smallest absolute Gasteiger partial charge is 0.0964 e. The zero-order valence-corrected chi connectivity index (χ0v) is 12.7. The van der Waals surface area contributed by atoms with Crippen molar-refractivity contribution < 1.29 is 0 Å². The van der Waals surface area contributed by atoms with Crippen molar-refractivity contribution in [3.63, 3.8) is 0 Å². The van der Waals surface area contributed by atoms with Gasteiger partial charge in [0.1, 0.15) is 0 Å². The van der Waals surface area contributed by atoms with Crippen LogP contribution in [0.2, 0.25) is 0 Å². The minimum atomic E-state index is 0.821. The van der Waals surface area contributed by atoms with E-state index in [1.807, 2.05) is 4.68 Å². The SMILES string of the molecule is CCCCN(CC)CCn1cc(CNCCC)nn1. The van der Waals surface area contributed by atoms with Crippen LogP contribution in [0, 0.1) is 0 Å². The van der Waals surface area contributed by atoms with E-state index in [1.165, 1.54) is 19.4 Å². The van der Waals surface area contributed by atoms with Gasteiger partial charge in [0.05, 0.1) is 12.2 Å². The Kier molecular flexibility index (Phi) is 8.41. The molecule has 0 spiro atoms. The van der Waals surface area contributed by atoms with E-state index in [4.69, 9.17) is 0 Å². The molecule has 0 atom stereocenters. The fraction of sp³-hybridized carbons (Fsp3) is 0.857. The molecule has 0 aliphatic carbocycles. The van der Waals surface area contributed by atoms with Crippen molar-refractivity contribution in [2.45, 2.75) is 53.1 Å². The average molecular weight is 267 g/mol. The van der Waals surface area contributed by atoms with Crippen molar-refractivity contribution in [2.75, 3.05) is 26.2 Å². The summed E-state index contributed by atoms with van der Waals surface area (Å²) in [7, 11) is 0. The second-order valence-corrected chi connectivity index (χ2v) is 4.94. The van der Waals surface area contributed by atoms with Gasteiger partial charge < -0.3 is 10.2 Å². The van der Waals surface area contributed by atoms with Crippen LogP contribution in [-0.4, -0.2) is 46.1 Å². The molecule has 0 aliphatic heterocycles. The van der Waals surface area contributed by atoms with Gasteiger partial charge in [-0.15, -0.1) is 5.10 Å². The maximum atomic E-state index is 4.19. The van der Waals surface area contributed by atoms with Crippen LogP contribution in [0.3, 0.4) is 0 Å². The third kappa shape index (κ3) is 6.68. The number of rotatable bonds is 11. The maximum Gasteiger partial charge on any atom is 0.0964 e. The van der Waals surface area contributed by atoms with Gasteiger partial charge in [-0.3, -0.25) is 4.68 Å². The minimum absolute atomic E-state index is 0.821. The second kappa shape index (κ2) is 9.92. The zero-order valence-electron chi connectivity index (χ0n) is 12.7. The molecule has 1 aromatic rings. The summed E-state index contributed by atoms with van der Waals surface area (Å²) in [5.41, 5.74) is 1.03. The van der Waals surface area contributed by atoms with Gasteiger partial charge in [-0.25, -0.2) is 0 Å². The lowest BCUT2D eigenvalue weighted by molar-refractivity contribution is 0.266. The number of nitrogens with zero attached hydrogens (tertiary/aromatic N) is 4. The summed E-state index contributed by atoms with van der Waals surface area (Å²) in [5, 5.41) is 11.7. The van der Waals surface area contributed by atoms with E-state index < -0.39 is 0 Å². The first-order chi connectivity index (χ1) is 9.30. The van der Waals surface area contributed by atoms with Gasteiger partial charge in [0.25, 0.3) is 0 Å². The van der Waals surface area contributed by atoms with E-state index in [9.17, 15) is 0 Å². The summed E-state index contributed by atoms with van der Waals surface area (Å²) in [5.74, 6) is 0. The van der Waals surface area contributed by atoms with Gasteiger partial charge >= 0.3 is 0 Å². The van der Waals surface area contributed by atoms with E-state index in [-0.39, 0.29) is 0 Å². The van der Waals surface area contributed by atoms with E-state index in [2.05, 4.69) is 47.5 Å². The summed E-state index contributed by atoms with van der Waals surface area (Å²) in [6.07, 6.45) is 5.73. The van der Waals surface area contributed by atoms with E-state index >= 15 is 0 Å². The van der Waals surface area contributed by atoms with Crippen molar-refractivity contribution in [3.8, 4) is 0 Å². The highest BCUT2D eigenvalue weighted by Crippen LogP contribution is 1.97. The Bertz CT molecular complexity index is 323. The molecule has 0 fully saturated rings. The van der Waals surface area contributed by atoms with Crippen molar-refractivity contribution in [2.24, 2.45) is 0 Å². The number of hydrogen-bond acceptors (Lipinski definition) is 4. The summed E-state index contributed by atoms with van der Waals surface area (Å²) in [6, 6.07) is 0. The topological polar surface area (TPSA) is 46.0 Å². The number of nitrogens with one attached hydrogen (secondary N) is 1. The van der Waals surface area contributed by atoms with Crippen molar-refractivity contribution in [1.29, 1.82) is 0 Å². The first-order valence-corrected chi connectivity index (χ1v) is 7.62. The highest BCUT2D eigenvalue weighted by atomic mass is 15.4. The Morgan fingerprint density at radius 1 is 1.21 bits per heavy atom. The maximum absolute atomic E-state index is 4.19. The van der Waals surface area contributed by atoms with Crippen LogP contribution in [0.5, 0.6) is 0 Å². The second-order valence-electron chi connectivity index (χ2n) is 4.94. The highest BCUT2D eigenvalue weighted by molar-refractivity contribution is 4.91. The largest absolute Gasteiger partial charge is 0.311 e. The first-order valence-electron chi connectivity index (χ1n) is 7.62. The molecule has 19 heavy (non-hydrogen) atoms. The van der Waals surface area contributed by atoms with E-state index in [0.717, 1.165) is 44.8 Å². The molecule has 5 nitrogen and oxygen atoms in total. The average Bonchev–Trinajstić information content (AvgIpc) is 2.87. The molecule has 1 aromatic heterocycles. The van der Waals surface area contributed by atoms with Gasteiger partial charge in [0, 0.05) is 19.3 Å². The number of likely N-dealkylation sites (N-methyl/N-ethyl adjacent to an activating group) is 1. The molecule has 1 heterocycles. The van der Waals surface area contributed by atoms with Gasteiger partial charge in [-0.05, 0) is 32.5 Å². The molecule has 5 heteroatoms. The zero-order chi connectivity index (χ0) is 13.9. The predicted molar refractivity (Wildman–Crippen MR) is 79.0 cm³/mol. The Hall–Kier alpha value is -0.940. The van der Waals surface area contributed by atoms with Crippen LogP contribution < -0.4 is 5.32 Å². The van der Waals surface area contributed by atoms with E-state index in [1.54, 1.807) is 0 Å². The molecule has 0 amide bonds. The summed E-state index contributed by atoms with van der Waals surface area (Å²) >= 11 is 0. The van der Waals surface area contributed by atoms with Gasteiger partial charge in [-0.2, -0.15) is 0 Å². The summed E-state index contributed by atoms with van der Waals surface area (Å²) in [6.45, 7) is 12.8. The summed E-state index contributed by atoms with van der Waals surface area (Å²) in [4.78, 5) is 2.47. The quantitative estimate of drug-likeness (QED) is 0.622. The lowest BCUT2D eigenvalue weighted by atomic mass is 10.3. The molecule has 0 saturated carbocycles. The van der Waals surface area contributed by atoms with Crippen LogP contribution in [-0.2, 0) is 13.1 Å². The molecule has 0 aliphatic rings. The Morgan fingerprint density at radius 3 is 2.74 bits per heavy atom. The van der Waals surface area contributed by atoms with Crippen LogP contribution >= 0.6 is 0 Å². The third-order valence-corrected chi connectivity index (χ3v) is 3.24. The normalized spacial score (nSPS) is 11.4.